The standard InChI is InChI=1S/C10H16BrN3/c1-4-10(2,3)6-13-9-8(11)5-12-7-14-9/h5,7H,4,6H2,1-3H3,(H,12,13,14). The Kier molecular flexibility index (Phi) is 3.86. The molecule has 1 heterocycles. The molecule has 0 radical (unpaired) electrons. The number of anilines is 1. The number of rotatable bonds is 4. The quantitative estimate of drug-likeness (QED) is 0.901. The number of aromatic nitrogens is 2. The first kappa shape index (κ1) is 11.4. The van der Waals surface area contributed by atoms with E-state index in [4.69, 9.17) is 0 Å². The van der Waals surface area contributed by atoms with Crippen LogP contribution in [0.15, 0.2) is 17.0 Å². The molecule has 78 valence electrons. The Morgan fingerprint density at radius 3 is 2.79 bits per heavy atom. The fourth-order valence-electron chi connectivity index (χ4n) is 0.891. The first-order valence-electron chi connectivity index (χ1n) is 4.74. The lowest BCUT2D eigenvalue weighted by molar-refractivity contribution is 0.376. The highest BCUT2D eigenvalue weighted by Gasteiger charge is 2.15. The Hall–Kier alpha value is -0.640. The molecule has 0 aliphatic carbocycles. The van der Waals surface area contributed by atoms with Crippen LogP contribution in [0.5, 0.6) is 0 Å². The first-order chi connectivity index (χ1) is 6.55. The van der Waals surface area contributed by atoms with Gasteiger partial charge in [0.25, 0.3) is 0 Å². The Morgan fingerprint density at radius 2 is 2.21 bits per heavy atom. The Balaban J connectivity index is 2.58. The van der Waals surface area contributed by atoms with E-state index >= 15 is 0 Å². The molecule has 14 heavy (non-hydrogen) atoms. The van der Waals surface area contributed by atoms with Gasteiger partial charge in [-0.25, -0.2) is 9.97 Å². The number of hydrogen-bond acceptors (Lipinski definition) is 3. The van der Waals surface area contributed by atoms with E-state index in [1.54, 1.807) is 12.5 Å². The zero-order valence-electron chi connectivity index (χ0n) is 8.84. The van der Waals surface area contributed by atoms with Crippen LogP contribution < -0.4 is 5.32 Å². The molecule has 1 rings (SSSR count). The van der Waals surface area contributed by atoms with Crippen LogP contribution in [0.1, 0.15) is 27.2 Å². The van der Waals surface area contributed by atoms with Crippen molar-refractivity contribution >= 4 is 21.7 Å². The minimum absolute atomic E-state index is 0.296. The summed E-state index contributed by atoms with van der Waals surface area (Å²) in [5, 5.41) is 3.31. The average Bonchev–Trinajstić information content (AvgIpc) is 2.17. The van der Waals surface area contributed by atoms with Gasteiger partial charge in [0, 0.05) is 12.7 Å². The zero-order valence-corrected chi connectivity index (χ0v) is 10.4. The van der Waals surface area contributed by atoms with Crippen LogP contribution in [-0.4, -0.2) is 16.5 Å². The van der Waals surface area contributed by atoms with Crippen LogP contribution in [0.3, 0.4) is 0 Å². The summed E-state index contributed by atoms with van der Waals surface area (Å²) in [6, 6.07) is 0. The van der Waals surface area contributed by atoms with Crippen molar-refractivity contribution in [1.29, 1.82) is 0 Å². The Labute approximate surface area is 93.5 Å². The largest absolute Gasteiger partial charge is 0.368 e. The fourth-order valence-corrected chi connectivity index (χ4v) is 1.25. The van der Waals surface area contributed by atoms with E-state index in [1.165, 1.54) is 0 Å². The zero-order chi connectivity index (χ0) is 10.6. The molecule has 0 fully saturated rings. The monoisotopic (exact) mass is 257 g/mol. The number of nitrogens with zero attached hydrogens (tertiary/aromatic N) is 2. The van der Waals surface area contributed by atoms with E-state index in [-0.39, 0.29) is 0 Å². The van der Waals surface area contributed by atoms with E-state index in [2.05, 4.69) is 52.0 Å². The highest BCUT2D eigenvalue weighted by Crippen LogP contribution is 2.22. The lowest BCUT2D eigenvalue weighted by Crippen LogP contribution is -2.22. The second-order valence-corrected chi connectivity index (χ2v) is 4.94. The van der Waals surface area contributed by atoms with Gasteiger partial charge in [0.05, 0.1) is 4.47 Å². The molecule has 0 saturated carbocycles. The van der Waals surface area contributed by atoms with Gasteiger partial charge in [0.2, 0.25) is 0 Å². The molecule has 0 saturated heterocycles. The third-order valence-corrected chi connectivity index (χ3v) is 2.94. The van der Waals surface area contributed by atoms with E-state index < -0.39 is 0 Å². The van der Waals surface area contributed by atoms with Crippen molar-refractivity contribution in [3.05, 3.63) is 17.0 Å². The number of halogens is 1. The molecular formula is C10H16BrN3. The average molecular weight is 258 g/mol. The summed E-state index contributed by atoms with van der Waals surface area (Å²) in [6.45, 7) is 7.57. The van der Waals surface area contributed by atoms with Gasteiger partial charge in [-0.3, -0.25) is 0 Å². The third kappa shape index (κ3) is 3.25. The SMILES string of the molecule is CCC(C)(C)CNc1ncncc1Br. The molecule has 1 N–H and O–H groups in total. The van der Waals surface area contributed by atoms with Crippen molar-refractivity contribution in [2.24, 2.45) is 5.41 Å². The van der Waals surface area contributed by atoms with E-state index in [0.717, 1.165) is 23.3 Å². The van der Waals surface area contributed by atoms with Crippen LogP contribution in [0.2, 0.25) is 0 Å². The molecule has 0 aliphatic heterocycles. The highest BCUT2D eigenvalue weighted by molar-refractivity contribution is 9.10. The van der Waals surface area contributed by atoms with Gasteiger partial charge in [-0.2, -0.15) is 0 Å². The number of hydrogen-bond donors (Lipinski definition) is 1. The molecule has 4 heteroatoms. The van der Waals surface area contributed by atoms with Gasteiger partial charge in [0.15, 0.2) is 0 Å². The maximum absolute atomic E-state index is 4.15. The number of nitrogens with one attached hydrogen (secondary N) is 1. The van der Waals surface area contributed by atoms with Crippen molar-refractivity contribution in [3.8, 4) is 0 Å². The van der Waals surface area contributed by atoms with E-state index in [0.29, 0.717) is 5.41 Å². The van der Waals surface area contributed by atoms with Gasteiger partial charge >= 0.3 is 0 Å². The van der Waals surface area contributed by atoms with Crippen molar-refractivity contribution < 1.29 is 0 Å². The maximum Gasteiger partial charge on any atom is 0.143 e. The minimum Gasteiger partial charge on any atom is -0.368 e. The molecule has 0 aliphatic rings. The predicted octanol–water partition coefficient (Wildman–Crippen LogP) is 3.09. The lowest BCUT2D eigenvalue weighted by Gasteiger charge is -2.23. The minimum atomic E-state index is 0.296. The van der Waals surface area contributed by atoms with Crippen molar-refractivity contribution in [1.82, 2.24) is 9.97 Å². The van der Waals surface area contributed by atoms with Crippen LogP contribution in [0.25, 0.3) is 0 Å². The molecule has 3 nitrogen and oxygen atoms in total. The Morgan fingerprint density at radius 1 is 1.50 bits per heavy atom. The van der Waals surface area contributed by atoms with Crippen molar-refractivity contribution in [3.63, 3.8) is 0 Å². The summed E-state index contributed by atoms with van der Waals surface area (Å²) in [7, 11) is 0. The molecule has 0 atom stereocenters. The van der Waals surface area contributed by atoms with E-state index in [1.807, 2.05) is 0 Å². The third-order valence-electron chi connectivity index (χ3n) is 2.36. The molecule has 0 bridgehead atoms. The molecule has 0 spiro atoms. The van der Waals surface area contributed by atoms with Gasteiger partial charge in [-0.05, 0) is 27.8 Å². The first-order valence-corrected chi connectivity index (χ1v) is 5.54. The molecular weight excluding hydrogens is 242 g/mol. The summed E-state index contributed by atoms with van der Waals surface area (Å²) in [5.74, 6) is 0.863. The maximum atomic E-state index is 4.15. The molecule has 1 aromatic heterocycles. The van der Waals surface area contributed by atoms with Gasteiger partial charge in [-0.1, -0.05) is 20.8 Å². The summed E-state index contributed by atoms with van der Waals surface area (Å²) in [4.78, 5) is 8.06. The molecule has 1 aromatic rings. The van der Waals surface area contributed by atoms with Crippen LogP contribution >= 0.6 is 15.9 Å². The van der Waals surface area contributed by atoms with Gasteiger partial charge in [0.1, 0.15) is 12.1 Å². The van der Waals surface area contributed by atoms with Crippen molar-refractivity contribution in [2.75, 3.05) is 11.9 Å². The van der Waals surface area contributed by atoms with Crippen molar-refractivity contribution in [2.45, 2.75) is 27.2 Å². The van der Waals surface area contributed by atoms with Crippen LogP contribution in [-0.2, 0) is 0 Å². The smallest absolute Gasteiger partial charge is 0.143 e. The second kappa shape index (κ2) is 4.73. The summed E-state index contributed by atoms with van der Waals surface area (Å²) < 4.78 is 0.909. The summed E-state index contributed by atoms with van der Waals surface area (Å²) in [5.41, 5.74) is 0.296. The summed E-state index contributed by atoms with van der Waals surface area (Å²) >= 11 is 3.40. The predicted molar refractivity (Wildman–Crippen MR) is 62.3 cm³/mol. The van der Waals surface area contributed by atoms with Crippen LogP contribution in [0.4, 0.5) is 5.82 Å². The highest BCUT2D eigenvalue weighted by atomic mass is 79.9. The molecule has 0 aromatic carbocycles. The molecule has 0 unspecified atom stereocenters. The Bertz CT molecular complexity index is 299. The van der Waals surface area contributed by atoms with E-state index in [9.17, 15) is 0 Å². The van der Waals surface area contributed by atoms with Gasteiger partial charge < -0.3 is 5.32 Å². The fraction of sp³-hybridized carbons (Fsp3) is 0.600. The van der Waals surface area contributed by atoms with Crippen LogP contribution in [0, 0.1) is 5.41 Å². The second-order valence-electron chi connectivity index (χ2n) is 4.09. The lowest BCUT2D eigenvalue weighted by atomic mass is 9.90. The van der Waals surface area contributed by atoms with Gasteiger partial charge in [-0.15, -0.1) is 0 Å². The summed E-state index contributed by atoms with van der Waals surface area (Å²) in [6.07, 6.45) is 4.43. The normalized spacial score (nSPS) is 11.4. The molecule has 0 amide bonds. The topological polar surface area (TPSA) is 37.8 Å².